The van der Waals surface area contributed by atoms with Crippen LogP contribution >= 0.6 is 0 Å². The van der Waals surface area contributed by atoms with E-state index < -0.39 is 5.60 Å². The van der Waals surface area contributed by atoms with E-state index in [-0.39, 0.29) is 23.8 Å². The molecule has 0 aliphatic carbocycles. The number of hydrogen-bond donors (Lipinski definition) is 1. The van der Waals surface area contributed by atoms with Gasteiger partial charge in [-0.05, 0) is 45.7 Å². The molecule has 28 heavy (non-hydrogen) atoms. The van der Waals surface area contributed by atoms with Crippen molar-refractivity contribution in [2.45, 2.75) is 51.7 Å². The number of carbonyl (C=O) groups is 2. The van der Waals surface area contributed by atoms with Crippen molar-refractivity contribution in [3.63, 3.8) is 0 Å². The van der Waals surface area contributed by atoms with Crippen molar-refractivity contribution >= 4 is 17.5 Å². The molecule has 152 valence electrons. The highest BCUT2D eigenvalue weighted by Crippen LogP contribution is 2.32. The van der Waals surface area contributed by atoms with Crippen molar-refractivity contribution in [3.05, 3.63) is 29.8 Å². The molecule has 0 bridgehead atoms. The van der Waals surface area contributed by atoms with E-state index in [1.54, 1.807) is 18.9 Å². The maximum atomic E-state index is 13.1. The van der Waals surface area contributed by atoms with Crippen LogP contribution in [0.5, 0.6) is 5.75 Å². The minimum absolute atomic E-state index is 0.0378. The van der Waals surface area contributed by atoms with E-state index in [0.29, 0.717) is 43.8 Å². The first kappa shape index (κ1) is 20.2. The molecule has 1 saturated heterocycles. The zero-order chi connectivity index (χ0) is 20.3. The lowest BCUT2D eigenvalue weighted by atomic mass is 9.91. The summed E-state index contributed by atoms with van der Waals surface area (Å²) in [6, 6.07) is 7.70. The SMILES string of the molecule is COc1ccccc1C1=NOC(C)(C(=O)N2CCC(C(=O)NC(C)C)CC2)C1. The van der Waals surface area contributed by atoms with E-state index in [4.69, 9.17) is 9.57 Å². The number of nitrogens with one attached hydrogen (secondary N) is 1. The Balaban J connectivity index is 1.61. The number of carbonyl (C=O) groups excluding carboxylic acids is 2. The zero-order valence-electron chi connectivity index (χ0n) is 17.0. The van der Waals surface area contributed by atoms with Crippen molar-refractivity contribution in [1.29, 1.82) is 0 Å². The third-order valence-electron chi connectivity index (χ3n) is 5.32. The van der Waals surface area contributed by atoms with Crippen LogP contribution in [0.3, 0.4) is 0 Å². The molecule has 0 spiro atoms. The molecule has 0 saturated carbocycles. The van der Waals surface area contributed by atoms with Gasteiger partial charge in [0.15, 0.2) is 0 Å². The molecule has 1 N–H and O–H groups in total. The monoisotopic (exact) mass is 387 g/mol. The summed E-state index contributed by atoms with van der Waals surface area (Å²) >= 11 is 0. The zero-order valence-corrected chi connectivity index (χ0v) is 17.0. The predicted octanol–water partition coefficient (Wildman–Crippen LogP) is 2.34. The van der Waals surface area contributed by atoms with Crippen LogP contribution in [-0.4, -0.2) is 54.3 Å². The Labute approximate surface area is 166 Å². The molecule has 1 atom stereocenters. The fraction of sp³-hybridized carbons (Fsp3) is 0.571. The summed E-state index contributed by atoms with van der Waals surface area (Å²) in [4.78, 5) is 32.7. The number of oxime groups is 1. The van der Waals surface area contributed by atoms with Gasteiger partial charge < -0.3 is 19.8 Å². The molecule has 1 aromatic carbocycles. The largest absolute Gasteiger partial charge is 0.496 e. The summed E-state index contributed by atoms with van der Waals surface area (Å²) in [5, 5.41) is 7.14. The van der Waals surface area contributed by atoms with Gasteiger partial charge in [0.1, 0.15) is 5.75 Å². The molecule has 1 fully saturated rings. The van der Waals surface area contributed by atoms with Crippen molar-refractivity contribution in [2.75, 3.05) is 20.2 Å². The first-order valence-electron chi connectivity index (χ1n) is 9.82. The Hall–Kier alpha value is -2.57. The normalized spacial score (nSPS) is 22.6. The van der Waals surface area contributed by atoms with Crippen molar-refractivity contribution in [1.82, 2.24) is 10.2 Å². The van der Waals surface area contributed by atoms with Crippen molar-refractivity contribution < 1.29 is 19.2 Å². The van der Waals surface area contributed by atoms with E-state index in [2.05, 4.69) is 10.5 Å². The van der Waals surface area contributed by atoms with Crippen molar-refractivity contribution in [2.24, 2.45) is 11.1 Å². The molecule has 1 unspecified atom stereocenters. The Bertz CT molecular complexity index is 769. The summed E-state index contributed by atoms with van der Waals surface area (Å²) in [5.41, 5.74) is 0.522. The van der Waals surface area contributed by atoms with Gasteiger partial charge in [0.05, 0.1) is 12.8 Å². The number of amides is 2. The highest BCUT2D eigenvalue weighted by molar-refractivity contribution is 6.07. The Kier molecular flexibility index (Phi) is 5.91. The molecule has 0 aromatic heterocycles. The topological polar surface area (TPSA) is 80.2 Å². The molecule has 7 nitrogen and oxygen atoms in total. The smallest absolute Gasteiger partial charge is 0.269 e. The predicted molar refractivity (Wildman–Crippen MR) is 106 cm³/mol. The van der Waals surface area contributed by atoms with E-state index in [1.165, 1.54) is 0 Å². The van der Waals surface area contributed by atoms with Gasteiger partial charge in [0.2, 0.25) is 11.5 Å². The molecular weight excluding hydrogens is 358 g/mol. The molecule has 2 aliphatic rings. The van der Waals surface area contributed by atoms with Crippen LogP contribution in [0.2, 0.25) is 0 Å². The quantitative estimate of drug-likeness (QED) is 0.841. The molecule has 3 rings (SSSR count). The van der Waals surface area contributed by atoms with Crippen LogP contribution in [0.25, 0.3) is 0 Å². The third kappa shape index (κ3) is 4.13. The minimum Gasteiger partial charge on any atom is -0.496 e. The van der Waals surface area contributed by atoms with Gasteiger partial charge in [0, 0.05) is 37.0 Å². The second-order valence-electron chi connectivity index (χ2n) is 7.97. The Morgan fingerprint density at radius 1 is 1.29 bits per heavy atom. The number of benzene rings is 1. The number of nitrogens with zero attached hydrogens (tertiary/aromatic N) is 2. The Morgan fingerprint density at radius 3 is 2.61 bits per heavy atom. The first-order valence-corrected chi connectivity index (χ1v) is 9.82. The minimum atomic E-state index is -1.02. The lowest BCUT2D eigenvalue weighted by Gasteiger charge is -2.35. The molecular formula is C21H29N3O4. The van der Waals surface area contributed by atoms with Crippen LogP contribution in [0.1, 0.15) is 45.6 Å². The van der Waals surface area contributed by atoms with Gasteiger partial charge in [-0.3, -0.25) is 9.59 Å². The fourth-order valence-electron chi connectivity index (χ4n) is 3.76. The van der Waals surface area contributed by atoms with E-state index >= 15 is 0 Å². The van der Waals surface area contributed by atoms with Crippen molar-refractivity contribution in [3.8, 4) is 5.75 Å². The summed E-state index contributed by atoms with van der Waals surface area (Å²) in [7, 11) is 1.61. The third-order valence-corrected chi connectivity index (χ3v) is 5.32. The summed E-state index contributed by atoms with van der Waals surface area (Å²) in [6.45, 7) is 6.79. The number of ether oxygens (including phenoxy) is 1. The van der Waals surface area contributed by atoms with Gasteiger partial charge in [-0.2, -0.15) is 0 Å². The number of para-hydroxylation sites is 1. The fourth-order valence-corrected chi connectivity index (χ4v) is 3.76. The highest BCUT2D eigenvalue weighted by Gasteiger charge is 2.46. The lowest BCUT2D eigenvalue weighted by molar-refractivity contribution is -0.155. The molecule has 2 amide bonds. The Morgan fingerprint density at radius 2 is 1.96 bits per heavy atom. The van der Waals surface area contributed by atoms with Gasteiger partial charge in [-0.25, -0.2) is 0 Å². The molecule has 7 heteroatoms. The van der Waals surface area contributed by atoms with Gasteiger partial charge >= 0.3 is 0 Å². The summed E-state index contributed by atoms with van der Waals surface area (Å²) in [5.74, 6) is 0.666. The number of rotatable bonds is 5. The van der Waals surface area contributed by atoms with Gasteiger partial charge in [-0.1, -0.05) is 17.3 Å². The van der Waals surface area contributed by atoms with Crippen LogP contribution < -0.4 is 10.1 Å². The van der Waals surface area contributed by atoms with Gasteiger partial charge in [0.25, 0.3) is 5.91 Å². The maximum absolute atomic E-state index is 13.1. The van der Waals surface area contributed by atoms with E-state index in [0.717, 1.165) is 5.56 Å². The van der Waals surface area contributed by atoms with Crippen LogP contribution in [-0.2, 0) is 14.4 Å². The molecule has 2 aliphatic heterocycles. The second-order valence-corrected chi connectivity index (χ2v) is 7.97. The first-order chi connectivity index (χ1) is 13.3. The van der Waals surface area contributed by atoms with Crippen LogP contribution in [0.15, 0.2) is 29.4 Å². The van der Waals surface area contributed by atoms with E-state index in [9.17, 15) is 9.59 Å². The number of piperidine rings is 1. The lowest BCUT2D eigenvalue weighted by Crippen LogP contribution is -2.51. The molecule has 2 heterocycles. The summed E-state index contributed by atoms with van der Waals surface area (Å²) < 4.78 is 5.39. The molecule has 1 aromatic rings. The summed E-state index contributed by atoms with van der Waals surface area (Å²) in [6.07, 6.45) is 1.72. The number of likely N-dealkylation sites (tertiary alicyclic amines) is 1. The highest BCUT2D eigenvalue weighted by atomic mass is 16.7. The number of hydrogen-bond acceptors (Lipinski definition) is 5. The van der Waals surface area contributed by atoms with Gasteiger partial charge in [-0.15, -0.1) is 0 Å². The standard InChI is InChI=1S/C21H29N3O4/c1-14(2)22-19(25)15-9-11-24(12-10-15)20(26)21(3)13-17(23-28-21)16-7-5-6-8-18(16)27-4/h5-8,14-15H,9-13H2,1-4H3,(H,22,25). The average molecular weight is 387 g/mol. The molecule has 0 radical (unpaired) electrons. The maximum Gasteiger partial charge on any atom is 0.269 e. The van der Waals surface area contributed by atoms with Crippen LogP contribution in [0, 0.1) is 5.92 Å². The average Bonchev–Trinajstić information content (AvgIpc) is 3.10. The second kappa shape index (κ2) is 8.20. The van der Waals surface area contributed by atoms with E-state index in [1.807, 2.05) is 38.1 Å². The number of methoxy groups -OCH3 is 1. The van der Waals surface area contributed by atoms with Crippen LogP contribution in [0.4, 0.5) is 0 Å².